The number of aromatic nitrogens is 1. The van der Waals surface area contributed by atoms with Crippen LogP contribution in [0.15, 0.2) is 11.0 Å². The minimum Gasteiger partial charge on any atom is -0.355 e. The van der Waals surface area contributed by atoms with Gasteiger partial charge in [0.25, 0.3) is 11.7 Å². The third kappa shape index (κ3) is 2.11. The lowest BCUT2D eigenvalue weighted by Gasteiger charge is -2.02. The fraction of sp³-hybridized carbons (Fsp3) is 0.143. The van der Waals surface area contributed by atoms with Crippen LogP contribution in [0.1, 0.15) is 22.3 Å². The second-order valence-electron chi connectivity index (χ2n) is 2.34. The lowest BCUT2D eigenvalue weighted by Crippen LogP contribution is -2.19. The molecule has 3 nitrogen and oxygen atoms in total. The predicted octanol–water partition coefficient (Wildman–Crippen LogP) is 2.30. The zero-order valence-electron chi connectivity index (χ0n) is 6.48. The molecule has 7 heteroatoms. The van der Waals surface area contributed by atoms with Crippen molar-refractivity contribution in [2.24, 2.45) is 0 Å². The first-order valence-electron chi connectivity index (χ1n) is 3.34. The lowest BCUT2D eigenvalue weighted by molar-refractivity contribution is 0.107. The summed E-state index contributed by atoms with van der Waals surface area (Å²) >= 11 is 6.72. The second kappa shape index (κ2) is 4.35. The molecule has 1 aromatic heterocycles. The highest BCUT2D eigenvalue weighted by Crippen LogP contribution is 2.16. The van der Waals surface area contributed by atoms with Crippen molar-refractivity contribution < 1.29 is 13.6 Å². The molecule has 0 unspecified atom stereocenters. The van der Waals surface area contributed by atoms with Crippen LogP contribution in [-0.4, -0.2) is 10.2 Å². The Labute approximate surface area is 95.6 Å². The molecule has 76 valence electrons. The summed E-state index contributed by atoms with van der Waals surface area (Å²) in [7, 11) is 0. The van der Waals surface area contributed by atoms with Crippen LogP contribution in [0, 0.1) is 3.70 Å². The van der Waals surface area contributed by atoms with Gasteiger partial charge in [0.1, 0.15) is 5.56 Å². The highest BCUT2D eigenvalue weighted by Gasteiger charge is 2.20. The van der Waals surface area contributed by atoms with E-state index in [4.69, 9.17) is 11.6 Å². The smallest absolute Gasteiger partial charge is 0.269 e. The van der Waals surface area contributed by atoms with E-state index in [2.05, 4.69) is 4.98 Å². The molecule has 0 saturated heterocycles. The number of carbonyl (C=O) groups excluding carboxylic acids is 1. The first-order chi connectivity index (χ1) is 6.45. The Morgan fingerprint density at radius 2 is 2.14 bits per heavy atom. The van der Waals surface area contributed by atoms with Crippen LogP contribution >= 0.6 is 34.2 Å². The number of alkyl halides is 2. The van der Waals surface area contributed by atoms with Gasteiger partial charge in [-0.05, 0) is 34.2 Å². The van der Waals surface area contributed by atoms with Crippen LogP contribution in [-0.2, 0) is 0 Å². The van der Waals surface area contributed by atoms with Gasteiger partial charge >= 0.3 is 0 Å². The molecule has 0 aliphatic carbocycles. The Morgan fingerprint density at radius 3 is 2.57 bits per heavy atom. The van der Waals surface area contributed by atoms with E-state index in [1.807, 2.05) is 0 Å². The molecule has 0 aliphatic rings. The zero-order chi connectivity index (χ0) is 10.9. The average molecular weight is 333 g/mol. The highest BCUT2D eigenvalue weighted by atomic mass is 127. The summed E-state index contributed by atoms with van der Waals surface area (Å²) in [6, 6.07) is 0. The molecule has 0 bridgehead atoms. The van der Waals surface area contributed by atoms with Gasteiger partial charge in [0.2, 0.25) is 5.43 Å². The van der Waals surface area contributed by atoms with Gasteiger partial charge in [-0.2, -0.15) is 0 Å². The molecule has 0 spiro atoms. The molecular formula is C7H3ClF2INO2. The first kappa shape index (κ1) is 11.6. The van der Waals surface area contributed by atoms with Crippen molar-refractivity contribution in [3.63, 3.8) is 0 Å². The van der Waals surface area contributed by atoms with Crippen molar-refractivity contribution in [1.82, 2.24) is 4.98 Å². The predicted molar refractivity (Wildman–Crippen MR) is 54.9 cm³/mol. The van der Waals surface area contributed by atoms with E-state index in [0.717, 1.165) is 6.20 Å². The van der Waals surface area contributed by atoms with Crippen molar-refractivity contribution in [1.29, 1.82) is 0 Å². The number of aromatic amines is 1. The van der Waals surface area contributed by atoms with E-state index >= 15 is 0 Å². The molecule has 0 aromatic carbocycles. The molecule has 0 radical (unpaired) electrons. The molecule has 1 aromatic rings. The third-order valence-corrected chi connectivity index (χ3v) is 2.53. The van der Waals surface area contributed by atoms with Gasteiger partial charge in [0.15, 0.2) is 0 Å². The Hall–Kier alpha value is -0.500. The van der Waals surface area contributed by atoms with Gasteiger partial charge in [-0.3, -0.25) is 9.59 Å². The van der Waals surface area contributed by atoms with Gasteiger partial charge in [0, 0.05) is 6.20 Å². The van der Waals surface area contributed by atoms with Crippen molar-refractivity contribution in [2.45, 2.75) is 6.43 Å². The molecule has 14 heavy (non-hydrogen) atoms. The number of rotatable bonds is 2. The summed E-state index contributed by atoms with van der Waals surface area (Å²) in [5, 5.41) is -1.04. The summed E-state index contributed by atoms with van der Waals surface area (Å²) in [5.41, 5.74) is -2.22. The molecule has 1 heterocycles. The van der Waals surface area contributed by atoms with Crippen LogP contribution in [0.2, 0.25) is 0 Å². The summed E-state index contributed by atoms with van der Waals surface area (Å²) in [6.07, 6.45) is -2.05. The molecular weight excluding hydrogens is 330 g/mol. The molecule has 0 fully saturated rings. The van der Waals surface area contributed by atoms with Crippen LogP contribution in [0.4, 0.5) is 8.78 Å². The zero-order valence-corrected chi connectivity index (χ0v) is 9.40. The van der Waals surface area contributed by atoms with Gasteiger partial charge < -0.3 is 4.98 Å². The Morgan fingerprint density at radius 1 is 1.57 bits per heavy atom. The fourth-order valence-electron chi connectivity index (χ4n) is 0.860. The highest BCUT2D eigenvalue weighted by molar-refractivity contribution is 14.1. The number of H-pyrrole nitrogens is 1. The van der Waals surface area contributed by atoms with Crippen molar-refractivity contribution in [3.05, 3.63) is 31.2 Å². The fourth-order valence-corrected chi connectivity index (χ4v) is 1.85. The van der Waals surface area contributed by atoms with E-state index in [0.29, 0.717) is 0 Å². The largest absolute Gasteiger partial charge is 0.355 e. The maximum Gasteiger partial charge on any atom is 0.269 e. The maximum atomic E-state index is 12.2. The summed E-state index contributed by atoms with van der Waals surface area (Å²) in [4.78, 5) is 24.4. The summed E-state index contributed by atoms with van der Waals surface area (Å²) in [5.74, 6) is 0. The van der Waals surface area contributed by atoms with Crippen LogP contribution in [0.3, 0.4) is 0 Å². The van der Waals surface area contributed by atoms with Gasteiger partial charge in [-0.1, -0.05) is 0 Å². The normalized spacial score (nSPS) is 10.6. The van der Waals surface area contributed by atoms with E-state index in [-0.39, 0.29) is 3.70 Å². The molecule has 1 N–H and O–H groups in total. The number of hydrogen-bond donors (Lipinski definition) is 1. The SMILES string of the molecule is O=C(Cl)c1c(I)[nH]cc(C(F)F)c1=O. The minimum absolute atomic E-state index is 0.150. The topological polar surface area (TPSA) is 49.9 Å². The molecule has 0 saturated carbocycles. The Balaban J connectivity index is 3.50. The average Bonchev–Trinajstić information content (AvgIpc) is 2.02. The Bertz CT molecular complexity index is 432. The van der Waals surface area contributed by atoms with Gasteiger partial charge in [-0.25, -0.2) is 8.78 Å². The number of nitrogens with one attached hydrogen (secondary N) is 1. The van der Waals surface area contributed by atoms with E-state index in [9.17, 15) is 18.4 Å². The summed E-state index contributed by atoms with van der Waals surface area (Å²) < 4.78 is 24.6. The lowest BCUT2D eigenvalue weighted by atomic mass is 10.2. The maximum absolute atomic E-state index is 12.2. The number of pyridine rings is 1. The second-order valence-corrected chi connectivity index (χ2v) is 3.76. The van der Waals surface area contributed by atoms with Crippen molar-refractivity contribution >= 4 is 39.4 Å². The minimum atomic E-state index is -2.93. The number of hydrogen-bond acceptors (Lipinski definition) is 2. The standard InChI is InChI=1S/C7H3ClF2INO2/c8-5(14)3-4(13)2(6(9)10)1-12-7(3)11/h1,6H,(H,12,13). The molecule has 0 amide bonds. The van der Waals surface area contributed by atoms with Gasteiger partial charge in [-0.15, -0.1) is 0 Å². The van der Waals surface area contributed by atoms with Crippen LogP contribution in [0.25, 0.3) is 0 Å². The third-order valence-electron chi connectivity index (χ3n) is 1.49. The molecule has 0 aliphatic heterocycles. The van der Waals surface area contributed by atoms with Crippen molar-refractivity contribution in [2.75, 3.05) is 0 Å². The van der Waals surface area contributed by atoms with Crippen LogP contribution in [0.5, 0.6) is 0 Å². The quantitative estimate of drug-likeness (QED) is 0.513. The van der Waals surface area contributed by atoms with E-state index in [1.54, 1.807) is 22.6 Å². The van der Waals surface area contributed by atoms with Crippen LogP contribution < -0.4 is 5.43 Å². The monoisotopic (exact) mass is 333 g/mol. The Kier molecular flexibility index (Phi) is 3.59. The van der Waals surface area contributed by atoms with Crippen molar-refractivity contribution in [3.8, 4) is 0 Å². The van der Waals surface area contributed by atoms with E-state index < -0.39 is 28.2 Å². The summed E-state index contributed by atoms with van der Waals surface area (Å²) in [6.45, 7) is 0. The molecule has 0 atom stereocenters. The number of halogens is 4. The first-order valence-corrected chi connectivity index (χ1v) is 4.80. The van der Waals surface area contributed by atoms with Gasteiger partial charge in [0.05, 0.1) is 9.26 Å². The van der Waals surface area contributed by atoms with E-state index in [1.165, 1.54) is 0 Å². The molecule has 1 rings (SSSR count). The number of carbonyl (C=O) groups is 1.